The van der Waals surface area contributed by atoms with Crippen LogP contribution in [0.4, 0.5) is 0 Å². The number of rotatable bonds is 2. The second-order valence-corrected chi connectivity index (χ2v) is 8.09. The van der Waals surface area contributed by atoms with Crippen molar-refractivity contribution in [3.63, 3.8) is 0 Å². The van der Waals surface area contributed by atoms with Gasteiger partial charge in [0.2, 0.25) is 0 Å². The van der Waals surface area contributed by atoms with Crippen LogP contribution in [0, 0.1) is 17.3 Å². The van der Waals surface area contributed by atoms with Crippen LogP contribution in [0.3, 0.4) is 0 Å². The third-order valence-corrected chi connectivity index (χ3v) is 5.30. The minimum atomic E-state index is 0.371. The number of nitrogens with two attached hydrogens (primary N) is 1. The molecule has 3 nitrogen and oxygen atoms in total. The van der Waals surface area contributed by atoms with Crippen molar-refractivity contribution in [2.24, 2.45) is 23.0 Å². The minimum absolute atomic E-state index is 0.371. The number of hydrogen-bond acceptors (Lipinski definition) is 3. The van der Waals surface area contributed by atoms with Crippen molar-refractivity contribution in [1.82, 2.24) is 4.90 Å². The van der Waals surface area contributed by atoms with E-state index in [9.17, 15) is 0 Å². The van der Waals surface area contributed by atoms with Crippen molar-refractivity contribution in [1.29, 1.82) is 0 Å². The van der Waals surface area contributed by atoms with Crippen LogP contribution in [0.5, 0.6) is 0 Å². The molecule has 2 aliphatic rings. The molecule has 0 amide bonds. The average Bonchev–Trinajstić information content (AvgIpc) is 2.55. The lowest BCUT2D eigenvalue weighted by atomic mass is 9.67. The van der Waals surface area contributed by atoms with Gasteiger partial charge in [-0.25, -0.2) is 0 Å². The molecule has 2 N–H and O–H groups in total. The predicted molar refractivity (Wildman–Crippen MR) is 84.7 cm³/mol. The van der Waals surface area contributed by atoms with Crippen molar-refractivity contribution in [3.8, 4) is 0 Å². The number of nitrogens with zero attached hydrogens (tertiary/aromatic N) is 1. The first-order valence-corrected chi connectivity index (χ1v) is 8.46. The highest BCUT2D eigenvalue weighted by atomic mass is 16.5. The lowest BCUT2D eigenvalue weighted by Crippen LogP contribution is -2.46. The van der Waals surface area contributed by atoms with E-state index in [1.807, 2.05) is 0 Å². The van der Waals surface area contributed by atoms with Crippen molar-refractivity contribution in [3.05, 3.63) is 0 Å². The largest absolute Gasteiger partial charge is 0.377 e. The minimum Gasteiger partial charge on any atom is -0.377 e. The van der Waals surface area contributed by atoms with E-state index in [4.69, 9.17) is 10.5 Å². The Labute approximate surface area is 125 Å². The molecule has 2 rings (SSSR count). The number of ether oxygens (including phenoxy) is 1. The fourth-order valence-electron chi connectivity index (χ4n) is 3.86. The Kier molecular flexibility index (Phi) is 5.49. The van der Waals surface area contributed by atoms with Gasteiger partial charge in [0.15, 0.2) is 0 Å². The maximum absolute atomic E-state index is 6.42. The molecule has 1 aliphatic carbocycles. The maximum Gasteiger partial charge on any atom is 0.0673 e. The summed E-state index contributed by atoms with van der Waals surface area (Å²) < 4.78 is 5.75. The topological polar surface area (TPSA) is 38.5 Å². The van der Waals surface area contributed by atoms with E-state index >= 15 is 0 Å². The molecule has 1 saturated heterocycles. The summed E-state index contributed by atoms with van der Waals surface area (Å²) in [6.45, 7) is 13.7. The van der Waals surface area contributed by atoms with Gasteiger partial charge < -0.3 is 15.4 Å². The fraction of sp³-hybridized carbons (Fsp3) is 1.00. The summed E-state index contributed by atoms with van der Waals surface area (Å²) in [6.07, 6.45) is 5.34. The van der Waals surface area contributed by atoms with E-state index in [1.165, 1.54) is 32.4 Å². The maximum atomic E-state index is 6.42. The molecule has 4 atom stereocenters. The molecule has 2 fully saturated rings. The zero-order valence-electron chi connectivity index (χ0n) is 13.9. The lowest BCUT2D eigenvalue weighted by Gasteiger charge is -2.42. The number of hydrogen-bond donors (Lipinski definition) is 1. The molecule has 1 saturated carbocycles. The SMILES string of the molecule is CC1CN(CC2CC(C(C)(C)C)CCC2N)CCCO1. The predicted octanol–water partition coefficient (Wildman–Crippen LogP) is 2.89. The highest BCUT2D eigenvalue weighted by Gasteiger charge is 2.35. The Balaban J connectivity index is 1.92. The first-order chi connectivity index (χ1) is 9.36. The molecule has 0 aromatic carbocycles. The third kappa shape index (κ3) is 4.44. The van der Waals surface area contributed by atoms with E-state index in [0.29, 0.717) is 23.5 Å². The molecular weight excluding hydrogens is 248 g/mol. The quantitative estimate of drug-likeness (QED) is 0.846. The highest BCUT2D eigenvalue weighted by molar-refractivity contribution is 4.89. The zero-order chi connectivity index (χ0) is 14.8. The Morgan fingerprint density at radius 3 is 2.70 bits per heavy atom. The molecule has 1 aliphatic heterocycles. The molecule has 0 bridgehead atoms. The van der Waals surface area contributed by atoms with E-state index in [2.05, 4.69) is 32.6 Å². The van der Waals surface area contributed by atoms with Crippen LogP contribution in [0.1, 0.15) is 53.4 Å². The summed E-state index contributed by atoms with van der Waals surface area (Å²) in [4.78, 5) is 2.59. The Bertz CT molecular complexity index is 300. The second kappa shape index (κ2) is 6.76. The molecule has 0 spiro atoms. The molecule has 0 aromatic rings. The van der Waals surface area contributed by atoms with Gasteiger partial charge in [0.25, 0.3) is 0 Å². The Hall–Kier alpha value is -0.120. The van der Waals surface area contributed by atoms with Crippen LogP contribution in [0.25, 0.3) is 0 Å². The van der Waals surface area contributed by atoms with Gasteiger partial charge in [0, 0.05) is 32.3 Å². The van der Waals surface area contributed by atoms with Crippen LogP contribution in [-0.2, 0) is 4.74 Å². The average molecular weight is 282 g/mol. The van der Waals surface area contributed by atoms with Gasteiger partial charge in [-0.05, 0) is 49.9 Å². The van der Waals surface area contributed by atoms with Gasteiger partial charge in [-0.3, -0.25) is 0 Å². The van der Waals surface area contributed by atoms with Crippen LogP contribution in [0.2, 0.25) is 0 Å². The smallest absolute Gasteiger partial charge is 0.0673 e. The van der Waals surface area contributed by atoms with Gasteiger partial charge in [0.05, 0.1) is 6.10 Å². The van der Waals surface area contributed by atoms with Gasteiger partial charge in [0.1, 0.15) is 0 Å². The van der Waals surface area contributed by atoms with Crippen molar-refractivity contribution in [2.75, 3.05) is 26.2 Å². The summed E-state index contributed by atoms with van der Waals surface area (Å²) in [5, 5.41) is 0. The second-order valence-electron chi connectivity index (χ2n) is 8.09. The lowest BCUT2D eigenvalue weighted by molar-refractivity contribution is 0.0572. The Morgan fingerprint density at radius 2 is 2.00 bits per heavy atom. The third-order valence-electron chi connectivity index (χ3n) is 5.30. The summed E-state index contributed by atoms with van der Waals surface area (Å²) in [7, 11) is 0. The Morgan fingerprint density at radius 1 is 1.25 bits per heavy atom. The van der Waals surface area contributed by atoms with Gasteiger partial charge in [-0.2, -0.15) is 0 Å². The van der Waals surface area contributed by atoms with Crippen LogP contribution < -0.4 is 5.73 Å². The van der Waals surface area contributed by atoms with Gasteiger partial charge in [-0.15, -0.1) is 0 Å². The van der Waals surface area contributed by atoms with Gasteiger partial charge >= 0.3 is 0 Å². The van der Waals surface area contributed by atoms with E-state index in [0.717, 1.165) is 25.5 Å². The first kappa shape index (κ1) is 16.3. The standard InChI is InChI=1S/C17H34N2O/c1-13-11-19(8-5-9-20-13)12-14-10-15(17(2,3)4)6-7-16(14)18/h13-16H,5-12,18H2,1-4H3. The highest BCUT2D eigenvalue weighted by Crippen LogP contribution is 2.40. The first-order valence-electron chi connectivity index (χ1n) is 8.46. The summed E-state index contributed by atoms with van der Waals surface area (Å²) >= 11 is 0. The normalized spacial score (nSPS) is 37.6. The summed E-state index contributed by atoms with van der Waals surface area (Å²) in [5.41, 5.74) is 6.84. The van der Waals surface area contributed by atoms with Crippen LogP contribution in [-0.4, -0.2) is 43.3 Å². The molecule has 118 valence electrons. The van der Waals surface area contributed by atoms with E-state index < -0.39 is 0 Å². The van der Waals surface area contributed by atoms with Crippen molar-refractivity contribution < 1.29 is 4.74 Å². The molecule has 20 heavy (non-hydrogen) atoms. The zero-order valence-corrected chi connectivity index (χ0v) is 13.9. The van der Waals surface area contributed by atoms with E-state index in [-0.39, 0.29) is 0 Å². The fourth-order valence-corrected chi connectivity index (χ4v) is 3.86. The summed E-state index contributed by atoms with van der Waals surface area (Å²) in [6, 6.07) is 0.396. The molecule has 0 aromatic heterocycles. The van der Waals surface area contributed by atoms with E-state index in [1.54, 1.807) is 0 Å². The van der Waals surface area contributed by atoms with Crippen LogP contribution in [0.15, 0.2) is 0 Å². The van der Waals surface area contributed by atoms with Gasteiger partial charge in [-0.1, -0.05) is 20.8 Å². The van der Waals surface area contributed by atoms with Crippen LogP contribution >= 0.6 is 0 Å². The van der Waals surface area contributed by atoms with Crippen molar-refractivity contribution >= 4 is 0 Å². The van der Waals surface area contributed by atoms with Crippen molar-refractivity contribution in [2.45, 2.75) is 65.5 Å². The monoisotopic (exact) mass is 282 g/mol. The molecule has 3 heteroatoms. The molecule has 4 unspecified atom stereocenters. The molecule has 0 radical (unpaired) electrons. The summed E-state index contributed by atoms with van der Waals surface area (Å²) in [5.74, 6) is 1.49. The molecule has 1 heterocycles. The molecular formula is C17H34N2O.